The first kappa shape index (κ1) is 9.74. The van der Waals surface area contributed by atoms with Crippen molar-refractivity contribution in [1.29, 1.82) is 0 Å². The van der Waals surface area contributed by atoms with Gasteiger partial charge in [-0.2, -0.15) is 0 Å². The highest BCUT2D eigenvalue weighted by atomic mass is 32.1. The molecule has 1 aliphatic rings. The highest BCUT2D eigenvalue weighted by Gasteiger charge is 2.20. The molecule has 2 rings (SSSR count). The van der Waals surface area contributed by atoms with E-state index in [4.69, 9.17) is 4.74 Å². The molecule has 0 saturated heterocycles. The van der Waals surface area contributed by atoms with Crippen LogP contribution in [0.25, 0.3) is 0 Å². The molecule has 0 amide bonds. The summed E-state index contributed by atoms with van der Waals surface area (Å²) < 4.78 is 5.34. The molecule has 1 N–H and O–H groups in total. The van der Waals surface area contributed by atoms with Crippen LogP contribution in [0.1, 0.15) is 27.8 Å². The van der Waals surface area contributed by atoms with E-state index in [0.29, 0.717) is 12.4 Å². The zero-order chi connectivity index (χ0) is 10.1. The van der Waals surface area contributed by atoms with Crippen LogP contribution in [0.5, 0.6) is 0 Å². The molecule has 2 nitrogen and oxygen atoms in total. The van der Waals surface area contributed by atoms with Crippen molar-refractivity contribution in [1.82, 2.24) is 0 Å². The molecule has 76 valence electrons. The van der Waals surface area contributed by atoms with Crippen LogP contribution in [-0.2, 0) is 4.74 Å². The lowest BCUT2D eigenvalue weighted by molar-refractivity contribution is 0.121. The van der Waals surface area contributed by atoms with E-state index in [1.165, 1.54) is 10.4 Å². The van der Waals surface area contributed by atoms with Gasteiger partial charge < -0.3 is 9.84 Å². The van der Waals surface area contributed by atoms with Gasteiger partial charge in [0.25, 0.3) is 0 Å². The fourth-order valence-electron chi connectivity index (χ4n) is 1.50. The molecular weight excluding hydrogens is 196 g/mol. The number of ether oxygens (including phenoxy) is 1. The van der Waals surface area contributed by atoms with E-state index in [-0.39, 0.29) is 0 Å². The first-order valence-electron chi connectivity index (χ1n) is 4.76. The maximum atomic E-state index is 9.98. The summed E-state index contributed by atoms with van der Waals surface area (Å²) in [7, 11) is 0. The largest absolute Gasteiger partial charge is 0.495 e. The van der Waals surface area contributed by atoms with Gasteiger partial charge >= 0.3 is 0 Å². The third-order valence-electron chi connectivity index (χ3n) is 2.46. The monoisotopic (exact) mass is 210 g/mol. The number of hydrogen-bond acceptors (Lipinski definition) is 3. The first-order valence-corrected chi connectivity index (χ1v) is 5.58. The van der Waals surface area contributed by atoms with Crippen LogP contribution in [0.2, 0.25) is 0 Å². The fraction of sp³-hybridized carbons (Fsp3) is 0.455. The molecule has 0 radical (unpaired) electrons. The van der Waals surface area contributed by atoms with E-state index in [9.17, 15) is 5.11 Å². The first-order chi connectivity index (χ1) is 6.68. The number of aryl methyl sites for hydroxylation is 2. The van der Waals surface area contributed by atoms with Crippen molar-refractivity contribution in [3.05, 3.63) is 33.2 Å². The maximum Gasteiger partial charge on any atom is 0.145 e. The number of rotatable bonds is 2. The zero-order valence-corrected chi connectivity index (χ0v) is 9.23. The summed E-state index contributed by atoms with van der Waals surface area (Å²) in [5.41, 5.74) is 1.24. The maximum absolute atomic E-state index is 9.98. The van der Waals surface area contributed by atoms with Gasteiger partial charge in [0.05, 0.1) is 6.61 Å². The molecule has 3 heteroatoms. The Hall–Kier alpha value is -0.800. The summed E-state index contributed by atoms with van der Waals surface area (Å²) in [6.45, 7) is 4.84. The molecule has 1 atom stereocenters. The van der Waals surface area contributed by atoms with Crippen LogP contribution in [0.4, 0.5) is 0 Å². The predicted molar refractivity (Wildman–Crippen MR) is 57.4 cm³/mol. The molecule has 0 spiro atoms. The standard InChI is InChI=1S/C11H14O2S/c1-7-6-10(14-8(7)2)11(12)9-4-3-5-13-9/h4,6,11-12H,3,5H2,1-2H3. The van der Waals surface area contributed by atoms with Gasteiger partial charge in [-0.05, 0) is 31.6 Å². The van der Waals surface area contributed by atoms with E-state index < -0.39 is 6.10 Å². The van der Waals surface area contributed by atoms with Crippen molar-refractivity contribution in [2.75, 3.05) is 6.61 Å². The predicted octanol–water partition coefficient (Wildman–Crippen LogP) is 2.70. The molecular formula is C11H14O2S. The fourth-order valence-corrected chi connectivity index (χ4v) is 2.54. The van der Waals surface area contributed by atoms with Crippen LogP contribution in [0.3, 0.4) is 0 Å². The Morgan fingerprint density at radius 3 is 2.79 bits per heavy atom. The number of thiophene rings is 1. The van der Waals surface area contributed by atoms with E-state index in [1.54, 1.807) is 11.3 Å². The van der Waals surface area contributed by atoms with Crippen molar-refractivity contribution in [2.45, 2.75) is 26.4 Å². The van der Waals surface area contributed by atoms with Gasteiger partial charge in [0.2, 0.25) is 0 Å². The topological polar surface area (TPSA) is 29.5 Å². The molecule has 2 heterocycles. The summed E-state index contributed by atoms with van der Waals surface area (Å²) in [4.78, 5) is 2.24. The third kappa shape index (κ3) is 1.70. The van der Waals surface area contributed by atoms with Gasteiger partial charge in [-0.1, -0.05) is 0 Å². The second-order valence-corrected chi connectivity index (χ2v) is 4.82. The highest BCUT2D eigenvalue weighted by molar-refractivity contribution is 7.12. The van der Waals surface area contributed by atoms with Gasteiger partial charge in [0.15, 0.2) is 0 Å². The van der Waals surface area contributed by atoms with Gasteiger partial charge in [0.1, 0.15) is 11.9 Å². The Morgan fingerprint density at radius 1 is 1.50 bits per heavy atom. The van der Waals surface area contributed by atoms with Gasteiger partial charge in [-0.3, -0.25) is 0 Å². The second kappa shape index (κ2) is 3.75. The second-order valence-electron chi connectivity index (χ2n) is 3.53. The van der Waals surface area contributed by atoms with Crippen molar-refractivity contribution >= 4 is 11.3 Å². The van der Waals surface area contributed by atoms with Crippen LogP contribution >= 0.6 is 11.3 Å². The highest BCUT2D eigenvalue weighted by Crippen LogP contribution is 2.32. The minimum absolute atomic E-state index is 0.560. The molecule has 0 saturated carbocycles. The summed E-state index contributed by atoms with van der Waals surface area (Å²) in [5.74, 6) is 0.714. The quantitative estimate of drug-likeness (QED) is 0.813. The summed E-state index contributed by atoms with van der Waals surface area (Å²) >= 11 is 1.64. The van der Waals surface area contributed by atoms with Gasteiger partial charge in [-0.25, -0.2) is 0 Å². The van der Waals surface area contributed by atoms with Crippen LogP contribution in [0.15, 0.2) is 17.9 Å². The molecule has 0 aliphatic carbocycles. The summed E-state index contributed by atoms with van der Waals surface area (Å²) in [6, 6.07) is 2.03. The molecule has 0 aromatic carbocycles. The van der Waals surface area contributed by atoms with Crippen molar-refractivity contribution in [3.8, 4) is 0 Å². The van der Waals surface area contributed by atoms with Crippen LogP contribution in [-0.4, -0.2) is 11.7 Å². The SMILES string of the molecule is Cc1cc(C(O)C2=CCCO2)sc1C. The van der Waals surface area contributed by atoms with Gasteiger partial charge in [-0.15, -0.1) is 11.3 Å². The molecule has 0 fully saturated rings. The Labute approximate surface area is 87.8 Å². The summed E-state index contributed by atoms with van der Waals surface area (Å²) in [5, 5.41) is 9.98. The molecule has 0 bridgehead atoms. The van der Waals surface area contributed by atoms with E-state index >= 15 is 0 Å². The Morgan fingerprint density at radius 2 is 2.29 bits per heavy atom. The zero-order valence-electron chi connectivity index (χ0n) is 8.41. The van der Waals surface area contributed by atoms with Crippen LogP contribution < -0.4 is 0 Å². The lowest BCUT2D eigenvalue weighted by Crippen LogP contribution is -1.99. The number of aliphatic hydroxyl groups excluding tert-OH is 1. The normalized spacial score (nSPS) is 17.8. The molecule has 14 heavy (non-hydrogen) atoms. The number of aliphatic hydroxyl groups is 1. The van der Waals surface area contributed by atoms with E-state index in [0.717, 1.165) is 11.3 Å². The van der Waals surface area contributed by atoms with Gasteiger partial charge in [0, 0.05) is 16.2 Å². The Balaban J connectivity index is 2.22. The lowest BCUT2D eigenvalue weighted by Gasteiger charge is -2.09. The lowest BCUT2D eigenvalue weighted by atomic mass is 10.2. The average Bonchev–Trinajstić information content (AvgIpc) is 2.76. The van der Waals surface area contributed by atoms with E-state index in [1.807, 2.05) is 12.1 Å². The van der Waals surface area contributed by atoms with Crippen molar-refractivity contribution in [3.63, 3.8) is 0 Å². The Kier molecular flexibility index (Phi) is 2.61. The minimum Gasteiger partial charge on any atom is -0.495 e. The third-order valence-corrected chi connectivity index (χ3v) is 3.66. The number of hydrogen-bond donors (Lipinski definition) is 1. The summed E-state index contributed by atoms with van der Waals surface area (Å²) in [6.07, 6.45) is 2.32. The molecule has 1 aliphatic heterocycles. The van der Waals surface area contributed by atoms with E-state index in [2.05, 4.69) is 13.8 Å². The average molecular weight is 210 g/mol. The molecule has 1 unspecified atom stereocenters. The van der Waals surface area contributed by atoms with Crippen LogP contribution in [0, 0.1) is 13.8 Å². The smallest absolute Gasteiger partial charge is 0.145 e. The minimum atomic E-state index is -0.560. The van der Waals surface area contributed by atoms with Crippen molar-refractivity contribution < 1.29 is 9.84 Å². The Bertz CT molecular complexity index is 346. The van der Waals surface area contributed by atoms with Crippen molar-refractivity contribution in [2.24, 2.45) is 0 Å². The molecule has 1 aromatic heterocycles. The molecule has 1 aromatic rings.